The Morgan fingerprint density at radius 1 is 1.40 bits per heavy atom. The van der Waals surface area contributed by atoms with Gasteiger partial charge in [-0.15, -0.1) is 0 Å². The molecule has 1 aliphatic carbocycles. The summed E-state index contributed by atoms with van der Waals surface area (Å²) in [4.78, 5) is 13.9. The maximum atomic E-state index is 11.4. The van der Waals surface area contributed by atoms with Gasteiger partial charge in [-0.2, -0.15) is 0 Å². The van der Waals surface area contributed by atoms with E-state index in [1.165, 1.54) is 20.0 Å². The summed E-state index contributed by atoms with van der Waals surface area (Å²) in [5.74, 6) is 1.05. The number of nitrogens with one attached hydrogen (secondary N) is 1. The molecule has 1 amide bonds. The molecule has 3 unspecified atom stereocenters. The maximum Gasteiger partial charge on any atom is 0.407 e. The van der Waals surface area contributed by atoms with E-state index in [4.69, 9.17) is 4.74 Å². The number of piperidine rings is 1. The molecule has 0 aromatic rings. The Morgan fingerprint density at radius 3 is 2.65 bits per heavy atom. The number of aliphatic hydroxyl groups is 1. The predicted octanol–water partition coefficient (Wildman–Crippen LogP) is 1.60. The first-order valence-corrected chi connectivity index (χ1v) is 7.80. The van der Waals surface area contributed by atoms with Crippen molar-refractivity contribution < 1.29 is 14.6 Å². The summed E-state index contributed by atoms with van der Waals surface area (Å²) in [6.07, 6.45) is 3.42. The van der Waals surface area contributed by atoms with E-state index in [0.29, 0.717) is 6.04 Å². The number of likely N-dealkylation sites (tertiary alicyclic amines) is 1. The van der Waals surface area contributed by atoms with Gasteiger partial charge in [0, 0.05) is 25.2 Å². The van der Waals surface area contributed by atoms with Gasteiger partial charge < -0.3 is 15.2 Å². The Balaban J connectivity index is 1.96. The van der Waals surface area contributed by atoms with Crippen LogP contribution < -0.4 is 5.32 Å². The quantitative estimate of drug-likeness (QED) is 0.823. The zero-order valence-corrected chi connectivity index (χ0v) is 12.8. The summed E-state index contributed by atoms with van der Waals surface area (Å²) in [7, 11) is 1.39. The Hall–Kier alpha value is -0.810. The number of carbonyl (C=O) groups is 1. The number of methoxy groups -OCH3 is 1. The van der Waals surface area contributed by atoms with Gasteiger partial charge >= 0.3 is 6.09 Å². The summed E-state index contributed by atoms with van der Waals surface area (Å²) in [6.45, 7) is 6.12. The summed E-state index contributed by atoms with van der Waals surface area (Å²) in [6, 6.07) is 0.706. The topological polar surface area (TPSA) is 61.8 Å². The highest BCUT2D eigenvalue weighted by molar-refractivity contribution is 5.67. The van der Waals surface area contributed by atoms with E-state index in [-0.39, 0.29) is 24.2 Å². The first-order chi connectivity index (χ1) is 9.53. The molecule has 1 saturated carbocycles. The lowest BCUT2D eigenvalue weighted by Crippen LogP contribution is -2.57. The first kappa shape index (κ1) is 15.6. The third-order valence-electron chi connectivity index (χ3n) is 4.85. The Bertz CT molecular complexity index is 331. The lowest BCUT2D eigenvalue weighted by Gasteiger charge is -2.48. The van der Waals surface area contributed by atoms with Crippen molar-refractivity contribution in [1.29, 1.82) is 0 Å². The van der Waals surface area contributed by atoms with E-state index in [0.717, 1.165) is 31.8 Å². The SMILES string of the molecule is CCC(O)C1CC(NC(=O)OC)CN(C2CC(C)C2)C1. The highest BCUT2D eigenvalue weighted by Gasteiger charge is 2.38. The fraction of sp³-hybridized carbons (Fsp3) is 0.933. The molecule has 0 bridgehead atoms. The Morgan fingerprint density at radius 2 is 2.10 bits per heavy atom. The predicted molar refractivity (Wildman–Crippen MR) is 77.5 cm³/mol. The van der Waals surface area contributed by atoms with Crippen molar-refractivity contribution in [2.75, 3.05) is 20.2 Å². The van der Waals surface area contributed by atoms with Crippen LogP contribution in [0, 0.1) is 11.8 Å². The van der Waals surface area contributed by atoms with Crippen LogP contribution in [-0.2, 0) is 4.74 Å². The molecule has 1 saturated heterocycles. The molecule has 0 aromatic heterocycles. The molecule has 2 rings (SSSR count). The van der Waals surface area contributed by atoms with Gasteiger partial charge in [0.2, 0.25) is 0 Å². The fourth-order valence-electron chi connectivity index (χ4n) is 3.57. The molecule has 5 heteroatoms. The van der Waals surface area contributed by atoms with Crippen LogP contribution in [0.4, 0.5) is 4.79 Å². The minimum Gasteiger partial charge on any atom is -0.453 e. The minimum absolute atomic E-state index is 0.0818. The number of nitrogens with zero attached hydrogens (tertiary/aromatic N) is 1. The first-order valence-electron chi connectivity index (χ1n) is 7.80. The molecule has 0 aromatic carbocycles. The van der Waals surface area contributed by atoms with Crippen LogP contribution in [0.15, 0.2) is 0 Å². The largest absolute Gasteiger partial charge is 0.453 e. The molecule has 3 atom stereocenters. The van der Waals surface area contributed by atoms with E-state index in [1.54, 1.807) is 0 Å². The van der Waals surface area contributed by atoms with E-state index in [2.05, 4.69) is 17.1 Å². The Kier molecular flexibility index (Phi) is 5.27. The number of alkyl carbamates (subject to hydrolysis) is 1. The molecule has 0 radical (unpaired) electrons. The van der Waals surface area contributed by atoms with Crippen molar-refractivity contribution in [3.05, 3.63) is 0 Å². The second-order valence-corrected chi connectivity index (χ2v) is 6.49. The van der Waals surface area contributed by atoms with Gasteiger partial charge in [0.05, 0.1) is 13.2 Å². The molecule has 2 aliphatic rings. The van der Waals surface area contributed by atoms with Crippen molar-refractivity contribution in [1.82, 2.24) is 10.2 Å². The van der Waals surface area contributed by atoms with Gasteiger partial charge in [-0.25, -0.2) is 4.79 Å². The van der Waals surface area contributed by atoms with Crippen LogP contribution in [0.5, 0.6) is 0 Å². The molecule has 2 N–H and O–H groups in total. The average Bonchev–Trinajstić information content (AvgIpc) is 2.42. The van der Waals surface area contributed by atoms with Gasteiger partial charge in [-0.1, -0.05) is 13.8 Å². The molecular weight excluding hydrogens is 256 g/mol. The van der Waals surface area contributed by atoms with Gasteiger partial charge in [0.1, 0.15) is 0 Å². The van der Waals surface area contributed by atoms with Crippen molar-refractivity contribution >= 4 is 6.09 Å². The smallest absolute Gasteiger partial charge is 0.407 e. The van der Waals surface area contributed by atoms with Crippen LogP contribution >= 0.6 is 0 Å². The third kappa shape index (κ3) is 3.64. The van der Waals surface area contributed by atoms with Crippen molar-refractivity contribution in [3.63, 3.8) is 0 Å². The average molecular weight is 284 g/mol. The Labute approximate surface area is 121 Å². The number of rotatable bonds is 4. The van der Waals surface area contributed by atoms with Crippen LogP contribution in [0.25, 0.3) is 0 Å². The van der Waals surface area contributed by atoms with Crippen LogP contribution in [0.2, 0.25) is 0 Å². The summed E-state index contributed by atoms with van der Waals surface area (Å²) < 4.78 is 4.70. The van der Waals surface area contributed by atoms with Gasteiger partial charge in [0.15, 0.2) is 0 Å². The zero-order chi connectivity index (χ0) is 14.7. The lowest BCUT2D eigenvalue weighted by atomic mass is 9.78. The lowest BCUT2D eigenvalue weighted by molar-refractivity contribution is -0.00895. The highest BCUT2D eigenvalue weighted by Crippen LogP contribution is 2.34. The molecule has 0 spiro atoms. The van der Waals surface area contributed by atoms with E-state index in [1.807, 2.05) is 6.92 Å². The number of carbonyl (C=O) groups excluding carboxylic acids is 1. The standard InChI is InChI=1S/C15H28N2O3/c1-4-14(18)11-7-12(16-15(19)20-3)9-17(8-11)13-5-10(2)6-13/h10-14,18H,4-9H2,1-3H3,(H,16,19). The number of ether oxygens (including phenoxy) is 1. The monoisotopic (exact) mass is 284 g/mol. The van der Waals surface area contributed by atoms with Gasteiger partial charge in [0.25, 0.3) is 0 Å². The summed E-state index contributed by atoms with van der Waals surface area (Å²) >= 11 is 0. The zero-order valence-electron chi connectivity index (χ0n) is 12.8. The maximum absolute atomic E-state index is 11.4. The normalized spacial score (nSPS) is 36.0. The second-order valence-electron chi connectivity index (χ2n) is 6.49. The molecular formula is C15H28N2O3. The van der Waals surface area contributed by atoms with Crippen LogP contribution in [0.1, 0.15) is 39.5 Å². The number of hydrogen-bond acceptors (Lipinski definition) is 4. The number of aliphatic hydroxyl groups excluding tert-OH is 1. The van der Waals surface area contributed by atoms with Gasteiger partial charge in [-0.05, 0) is 37.5 Å². The minimum atomic E-state index is -0.372. The molecule has 1 heterocycles. The van der Waals surface area contributed by atoms with E-state index < -0.39 is 0 Å². The second kappa shape index (κ2) is 6.76. The summed E-state index contributed by atoms with van der Waals surface area (Å²) in [5.41, 5.74) is 0. The van der Waals surface area contributed by atoms with Crippen molar-refractivity contribution in [2.24, 2.45) is 11.8 Å². The number of amides is 1. The molecule has 2 fully saturated rings. The third-order valence-corrected chi connectivity index (χ3v) is 4.85. The molecule has 5 nitrogen and oxygen atoms in total. The van der Waals surface area contributed by atoms with Crippen molar-refractivity contribution in [2.45, 2.75) is 57.7 Å². The van der Waals surface area contributed by atoms with Crippen LogP contribution in [0.3, 0.4) is 0 Å². The van der Waals surface area contributed by atoms with E-state index in [9.17, 15) is 9.90 Å². The number of hydrogen-bond donors (Lipinski definition) is 2. The molecule has 1 aliphatic heterocycles. The fourth-order valence-corrected chi connectivity index (χ4v) is 3.57. The van der Waals surface area contributed by atoms with Gasteiger partial charge in [-0.3, -0.25) is 4.90 Å². The molecule has 116 valence electrons. The molecule has 20 heavy (non-hydrogen) atoms. The highest BCUT2D eigenvalue weighted by atomic mass is 16.5. The van der Waals surface area contributed by atoms with E-state index >= 15 is 0 Å². The summed E-state index contributed by atoms with van der Waals surface area (Å²) in [5, 5.41) is 13.1. The van der Waals surface area contributed by atoms with Crippen molar-refractivity contribution in [3.8, 4) is 0 Å². The van der Waals surface area contributed by atoms with Crippen LogP contribution in [-0.4, -0.2) is 54.5 Å².